The standard InChI is InChI=1S/C15H23N3O2/c1-11-6-13(9-17-8-11)14(18-16)12-2-4-20-15(7-12)3-5-19-10-15/h6,8-9,12,14,18H,2-5,7,10,16H2,1H3. The maximum absolute atomic E-state index is 6.00. The first kappa shape index (κ1) is 13.9. The SMILES string of the molecule is Cc1cncc(C(NN)C2CCOC3(CCOC3)C2)c1. The molecule has 0 amide bonds. The number of ether oxygens (including phenoxy) is 2. The number of hydrazine groups is 1. The topological polar surface area (TPSA) is 69.4 Å². The molecule has 3 atom stereocenters. The molecular formula is C15H23N3O2. The Kier molecular flexibility index (Phi) is 4.03. The highest BCUT2D eigenvalue weighted by atomic mass is 16.6. The van der Waals surface area contributed by atoms with Crippen LogP contribution >= 0.6 is 0 Å². The quantitative estimate of drug-likeness (QED) is 0.647. The summed E-state index contributed by atoms with van der Waals surface area (Å²) in [4.78, 5) is 4.29. The van der Waals surface area contributed by atoms with E-state index in [-0.39, 0.29) is 11.6 Å². The summed E-state index contributed by atoms with van der Waals surface area (Å²) in [6.07, 6.45) is 6.78. The summed E-state index contributed by atoms with van der Waals surface area (Å²) in [5, 5.41) is 0. The van der Waals surface area contributed by atoms with E-state index in [1.54, 1.807) is 0 Å². The van der Waals surface area contributed by atoms with Crippen LogP contribution in [0, 0.1) is 12.8 Å². The fraction of sp³-hybridized carbons (Fsp3) is 0.667. The Morgan fingerprint density at radius 3 is 3.05 bits per heavy atom. The van der Waals surface area contributed by atoms with Crippen molar-refractivity contribution in [2.24, 2.45) is 11.8 Å². The third-order valence-corrected chi connectivity index (χ3v) is 4.50. The van der Waals surface area contributed by atoms with Crippen LogP contribution in [0.3, 0.4) is 0 Å². The molecule has 2 fully saturated rings. The smallest absolute Gasteiger partial charge is 0.0940 e. The number of rotatable bonds is 3. The van der Waals surface area contributed by atoms with Crippen LogP contribution in [0.25, 0.3) is 0 Å². The molecule has 0 aromatic carbocycles. The molecule has 3 rings (SSSR count). The number of pyridine rings is 1. The zero-order chi connectivity index (χ0) is 14.0. The van der Waals surface area contributed by atoms with E-state index in [0.29, 0.717) is 12.5 Å². The highest BCUT2D eigenvalue weighted by Crippen LogP contribution is 2.40. The lowest BCUT2D eigenvalue weighted by Crippen LogP contribution is -2.45. The van der Waals surface area contributed by atoms with Crippen molar-refractivity contribution in [3.63, 3.8) is 0 Å². The Morgan fingerprint density at radius 2 is 2.35 bits per heavy atom. The number of hydrogen-bond acceptors (Lipinski definition) is 5. The molecule has 1 spiro atoms. The summed E-state index contributed by atoms with van der Waals surface area (Å²) >= 11 is 0. The summed E-state index contributed by atoms with van der Waals surface area (Å²) in [6.45, 7) is 4.36. The van der Waals surface area contributed by atoms with E-state index in [0.717, 1.165) is 43.6 Å². The van der Waals surface area contributed by atoms with Crippen LogP contribution in [-0.4, -0.2) is 30.4 Å². The third kappa shape index (κ3) is 2.72. The van der Waals surface area contributed by atoms with Gasteiger partial charge in [0.25, 0.3) is 0 Å². The van der Waals surface area contributed by atoms with Crippen molar-refractivity contribution in [1.82, 2.24) is 10.4 Å². The van der Waals surface area contributed by atoms with Gasteiger partial charge in [0.15, 0.2) is 0 Å². The number of hydrogen-bond donors (Lipinski definition) is 2. The molecule has 2 aliphatic rings. The molecule has 0 radical (unpaired) electrons. The number of aromatic nitrogens is 1. The van der Waals surface area contributed by atoms with Crippen LogP contribution in [0.2, 0.25) is 0 Å². The van der Waals surface area contributed by atoms with Gasteiger partial charge >= 0.3 is 0 Å². The molecule has 1 aromatic rings. The minimum absolute atomic E-state index is 0.0880. The summed E-state index contributed by atoms with van der Waals surface area (Å²) < 4.78 is 11.5. The molecule has 110 valence electrons. The van der Waals surface area contributed by atoms with Crippen molar-refractivity contribution in [2.45, 2.75) is 37.8 Å². The second kappa shape index (κ2) is 5.77. The first-order chi connectivity index (χ1) is 9.72. The van der Waals surface area contributed by atoms with Gasteiger partial charge in [0, 0.05) is 32.0 Å². The molecule has 3 unspecified atom stereocenters. The zero-order valence-corrected chi connectivity index (χ0v) is 12.0. The average molecular weight is 277 g/mol. The summed E-state index contributed by atoms with van der Waals surface area (Å²) in [5.41, 5.74) is 5.22. The van der Waals surface area contributed by atoms with Gasteiger partial charge in [-0.25, -0.2) is 0 Å². The van der Waals surface area contributed by atoms with Gasteiger partial charge in [0.1, 0.15) is 0 Å². The molecule has 2 saturated heterocycles. The van der Waals surface area contributed by atoms with Gasteiger partial charge in [0.05, 0.1) is 18.2 Å². The van der Waals surface area contributed by atoms with Crippen LogP contribution in [0.4, 0.5) is 0 Å². The van der Waals surface area contributed by atoms with Gasteiger partial charge in [-0.05, 0) is 36.8 Å². The van der Waals surface area contributed by atoms with Crippen LogP contribution in [0.15, 0.2) is 18.5 Å². The Morgan fingerprint density at radius 1 is 1.45 bits per heavy atom. The molecule has 5 heteroatoms. The molecule has 3 N–H and O–H groups in total. The van der Waals surface area contributed by atoms with E-state index in [2.05, 4.69) is 23.4 Å². The van der Waals surface area contributed by atoms with E-state index < -0.39 is 0 Å². The normalized spacial score (nSPS) is 31.6. The van der Waals surface area contributed by atoms with Crippen molar-refractivity contribution >= 4 is 0 Å². The first-order valence-electron chi connectivity index (χ1n) is 7.32. The number of aryl methyl sites for hydroxylation is 1. The largest absolute Gasteiger partial charge is 0.378 e. The van der Waals surface area contributed by atoms with Crippen LogP contribution < -0.4 is 11.3 Å². The average Bonchev–Trinajstić information content (AvgIpc) is 2.88. The minimum Gasteiger partial charge on any atom is -0.378 e. The van der Waals surface area contributed by atoms with E-state index in [9.17, 15) is 0 Å². The molecular weight excluding hydrogens is 254 g/mol. The van der Waals surface area contributed by atoms with Gasteiger partial charge < -0.3 is 9.47 Å². The molecule has 1 aromatic heterocycles. The van der Waals surface area contributed by atoms with Gasteiger partial charge in [-0.15, -0.1) is 0 Å². The maximum atomic E-state index is 6.00. The minimum atomic E-state index is -0.0880. The highest BCUT2D eigenvalue weighted by Gasteiger charge is 2.43. The Hall–Kier alpha value is -1.01. The maximum Gasteiger partial charge on any atom is 0.0940 e. The van der Waals surface area contributed by atoms with E-state index in [1.165, 1.54) is 0 Å². The second-order valence-corrected chi connectivity index (χ2v) is 6.03. The lowest BCUT2D eigenvalue weighted by Gasteiger charge is -2.40. The first-order valence-corrected chi connectivity index (χ1v) is 7.32. The molecule has 0 saturated carbocycles. The lowest BCUT2D eigenvalue weighted by atomic mass is 9.79. The molecule has 2 aliphatic heterocycles. The zero-order valence-electron chi connectivity index (χ0n) is 12.0. The monoisotopic (exact) mass is 277 g/mol. The van der Waals surface area contributed by atoms with Crippen molar-refractivity contribution in [3.8, 4) is 0 Å². The second-order valence-electron chi connectivity index (χ2n) is 6.03. The lowest BCUT2D eigenvalue weighted by molar-refractivity contribution is -0.103. The van der Waals surface area contributed by atoms with E-state index >= 15 is 0 Å². The molecule has 3 heterocycles. The van der Waals surface area contributed by atoms with E-state index in [4.69, 9.17) is 15.3 Å². The fourth-order valence-electron chi connectivity index (χ4n) is 3.47. The Balaban J connectivity index is 1.78. The molecule has 5 nitrogen and oxygen atoms in total. The van der Waals surface area contributed by atoms with Gasteiger partial charge in [-0.2, -0.15) is 0 Å². The van der Waals surface area contributed by atoms with Crippen LogP contribution in [-0.2, 0) is 9.47 Å². The van der Waals surface area contributed by atoms with Crippen LogP contribution in [0.1, 0.15) is 36.4 Å². The highest BCUT2D eigenvalue weighted by molar-refractivity contribution is 5.21. The van der Waals surface area contributed by atoms with Gasteiger partial charge in [0.2, 0.25) is 0 Å². The van der Waals surface area contributed by atoms with Gasteiger partial charge in [-0.3, -0.25) is 16.3 Å². The summed E-state index contributed by atoms with van der Waals surface area (Å²) in [7, 11) is 0. The summed E-state index contributed by atoms with van der Waals surface area (Å²) in [5.74, 6) is 6.28. The molecule has 0 aliphatic carbocycles. The Labute approximate surface area is 119 Å². The predicted molar refractivity (Wildman–Crippen MR) is 75.9 cm³/mol. The molecule has 20 heavy (non-hydrogen) atoms. The Bertz CT molecular complexity index is 460. The van der Waals surface area contributed by atoms with E-state index in [1.807, 2.05) is 12.4 Å². The number of nitrogens with two attached hydrogens (primary N) is 1. The fourth-order valence-corrected chi connectivity index (χ4v) is 3.47. The predicted octanol–water partition coefficient (Wildman–Crippen LogP) is 1.48. The van der Waals surface area contributed by atoms with Gasteiger partial charge in [-0.1, -0.05) is 6.07 Å². The van der Waals surface area contributed by atoms with Crippen molar-refractivity contribution < 1.29 is 9.47 Å². The number of nitrogens with one attached hydrogen (secondary N) is 1. The van der Waals surface area contributed by atoms with Crippen molar-refractivity contribution in [2.75, 3.05) is 19.8 Å². The van der Waals surface area contributed by atoms with Crippen molar-refractivity contribution in [1.29, 1.82) is 0 Å². The molecule has 0 bridgehead atoms. The third-order valence-electron chi connectivity index (χ3n) is 4.50. The van der Waals surface area contributed by atoms with Crippen molar-refractivity contribution in [3.05, 3.63) is 29.6 Å². The number of nitrogens with zero attached hydrogens (tertiary/aromatic N) is 1. The van der Waals surface area contributed by atoms with Crippen LogP contribution in [0.5, 0.6) is 0 Å². The summed E-state index contributed by atoms with van der Waals surface area (Å²) in [6, 6.07) is 2.29.